The summed E-state index contributed by atoms with van der Waals surface area (Å²) in [5.74, 6) is -0.341. The average Bonchev–Trinajstić information content (AvgIpc) is 2.64. The molecule has 2 N–H and O–H groups in total. The van der Waals surface area contributed by atoms with Gasteiger partial charge in [-0.3, -0.25) is 19.2 Å². The largest absolute Gasteiger partial charge is 0.355 e. The lowest BCUT2D eigenvalue weighted by molar-refractivity contribution is -0.109. The van der Waals surface area contributed by atoms with Crippen LogP contribution in [0.4, 0.5) is 0 Å². The van der Waals surface area contributed by atoms with Crippen LogP contribution in [0.3, 0.4) is 0 Å². The van der Waals surface area contributed by atoms with Crippen molar-refractivity contribution in [1.29, 1.82) is 0 Å². The summed E-state index contributed by atoms with van der Waals surface area (Å²) >= 11 is 0. The average molecular weight is 324 g/mol. The van der Waals surface area contributed by atoms with Crippen molar-refractivity contribution < 1.29 is 19.2 Å². The molecule has 2 rings (SSSR count). The van der Waals surface area contributed by atoms with Crippen LogP contribution in [0.1, 0.15) is 42.2 Å². The molecule has 6 nitrogen and oxygen atoms in total. The van der Waals surface area contributed by atoms with Gasteiger partial charge in [-0.05, 0) is 23.3 Å². The molecule has 0 aliphatic carbocycles. The number of nitrogens with one attached hydrogen (secondary N) is 2. The molecule has 0 unspecified atom stereocenters. The summed E-state index contributed by atoms with van der Waals surface area (Å²) in [6.45, 7) is 0.723. The molecule has 0 saturated heterocycles. The zero-order chi connectivity index (χ0) is 17.4. The third-order valence-corrected chi connectivity index (χ3v) is 3.44. The van der Waals surface area contributed by atoms with Crippen LogP contribution in [-0.2, 0) is 17.9 Å². The number of hydrogen-bond acceptors (Lipinski definition) is 4. The molecule has 0 aromatic heterocycles. The van der Waals surface area contributed by atoms with Gasteiger partial charge in [0.2, 0.25) is 6.41 Å². The molecule has 0 radical (unpaired) electrons. The van der Waals surface area contributed by atoms with Crippen molar-refractivity contribution in [3.8, 4) is 0 Å². The van der Waals surface area contributed by atoms with Gasteiger partial charge in [-0.1, -0.05) is 30.3 Å². The van der Waals surface area contributed by atoms with Gasteiger partial charge in [0.15, 0.2) is 12.6 Å². The number of carbonyl (C=O) groups excluding carboxylic acids is 4. The van der Waals surface area contributed by atoms with Gasteiger partial charge in [0.25, 0.3) is 5.91 Å². The van der Waals surface area contributed by atoms with Crippen LogP contribution in [0.15, 0.2) is 42.5 Å². The molecule has 6 heteroatoms. The summed E-state index contributed by atoms with van der Waals surface area (Å²) in [5.41, 5.74) is 2.54. The van der Waals surface area contributed by atoms with Gasteiger partial charge in [-0.15, -0.1) is 0 Å². The van der Waals surface area contributed by atoms with E-state index in [-0.39, 0.29) is 17.0 Å². The molecule has 2 aromatic carbocycles. The maximum Gasteiger partial charge on any atom is 0.251 e. The van der Waals surface area contributed by atoms with Crippen LogP contribution in [-0.4, -0.2) is 24.9 Å². The number of rotatable bonds is 8. The van der Waals surface area contributed by atoms with E-state index in [0.29, 0.717) is 37.6 Å². The van der Waals surface area contributed by atoms with Gasteiger partial charge < -0.3 is 10.6 Å². The standard InChI is InChI=1S/C18H16N2O4/c21-10-16-5-4-15(7-17(16)11-22)18(24)20-9-14-3-1-2-13(6-14)8-19-12-23/h1-7,10-12H,8-9H2,(H,19,23)(H,20,24). The second-order valence-electron chi connectivity index (χ2n) is 5.08. The quantitative estimate of drug-likeness (QED) is 0.720. The molecule has 0 fully saturated rings. The van der Waals surface area contributed by atoms with Crippen molar-refractivity contribution in [2.75, 3.05) is 0 Å². The molecule has 0 heterocycles. The Kier molecular flexibility index (Phi) is 5.96. The minimum atomic E-state index is -0.341. The summed E-state index contributed by atoms with van der Waals surface area (Å²) in [7, 11) is 0. The summed E-state index contributed by atoms with van der Waals surface area (Å²) in [6.07, 6.45) is 1.75. The Balaban J connectivity index is 2.04. The van der Waals surface area contributed by atoms with E-state index in [1.807, 2.05) is 24.3 Å². The highest BCUT2D eigenvalue weighted by Crippen LogP contribution is 2.10. The fourth-order valence-corrected chi connectivity index (χ4v) is 2.22. The van der Waals surface area contributed by atoms with Crippen molar-refractivity contribution >= 4 is 24.9 Å². The van der Waals surface area contributed by atoms with E-state index in [1.165, 1.54) is 18.2 Å². The first-order chi connectivity index (χ1) is 11.7. The molecule has 0 bridgehead atoms. The molecular weight excluding hydrogens is 308 g/mol. The van der Waals surface area contributed by atoms with E-state index in [9.17, 15) is 19.2 Å². The van der Waals surface area contributed by atoms with Crippen molar-refractivity contribution in [1.82, 2.24) is 10.6 Å². The van der Waals surface area contributed by atoms with Crippen LogP contribution in [0.2, 0.25) is 0 Å². The monoisotopic (exact) mass is 324 g/mol. The molecule has 0 aliphatic rings. The minimum Gasteiger partial charge on any atom is -0.355 e. The van der Waals surface area contributed by atoms with Crippen LogP contribution >= 0.6 is 0 Å². The topological polar surface area (TPSA) is 92.3 Å². The van der Waals surface area contributed by atoms with E-state index in [2.05, 4.69) is 10.6 Å². The van der Waals surface area contributed by atoms with E-state index in [4.69, 9.17) is 0 Å². The molecule has 2 aromatic rings. The summed E-state index contributed by atoms with van der Waals surface area (Å²) in [5, 5.41) is 5.33. The van der Waals surface area contributed by atoms with E-state index >= 15 is 0 Å². The molecule has 0 saturated carbocycles. The van der Waals surface area contributed by atoms with Crippen molar-refractivity contribution in [2.24, 2.45) is 0 Å². The van der Waals surface area contributed by atoms with Gasteiger partial charge in [-0.2, -0.15) is 0 Å². The maximum absolute atomic E-state index is 12.2. The molecular formula is C18H16N2O4. The summed E-state index contributed by atoms with van der Waals surface area (Å²) in [4.78, 5) is 44.2. The highest BCUT2D eigenvalue weighted by atomic mass is 16.1. The number of hydrogen-bond donors (Lipinski definition) is 2. The van der Waals surface area contributed by atoms with Crippen molar-refractivity contribution in [3.05, 3.63) is 70.3 Å². The van der Waals surface area contributed by atoms with Crippen LogP contribution < -0.4 is 10.6 Å². The lowest BCUT2D eigenvalue weighted by atomic mass is 10.1. The maximum atomic E-state index is 12.2. The Hall–Kier alpha value is -3.28. The highest BCUT2D eigenvalue weighted by Gasteiger charge is 2.09. The van der Waals surface area contributed by atoms with Gasteiger partial charge >= 0.3 is 0 Å². The van der Waals surface area contributed by atoms with Crippen molar-refractivity contribution in [2.45, 2.75) is 13.1 Å². The second-order valence-corrected chi connectivity index (χ2v) is 5.08. The smallest absolute Gasteiger partial charge is 0.251 e. The van der Waals surface area contributed by atoms with Crippen molar-refractivity contribution in [3.63, 3.8) is 0 Å². The Labute approximate surface area is 138 Å². The van der Waals surface area contributed by atoms with Crippen LogP contribution in [0.25, 0.3) is 0 Å². The molecule has 122 valence electrons. The fraction of sp³-hybridized carbons (Fsp3) is 0.111. The zero-order valence-corrected chi connectivity index (χ0v) is 12.8. The third-order valence-electron chi connectivity index (χ3n) is 3.44. The Morgan fingerprint density at radius 3 is 2.25 bits per heavy atom. The second kappa shape index (κ2) is 8.38. The van der Waals surface area contributed by atoms with Gasteiger partial charge in [0, 0.05) is 29.8 Å². The van der Waals surface area contributed by atoms with Crippen LogP contribution in [0.5, 0.6) is 0 Å². The molecule has 24 heavy (non-hydrogen) atoms. The predicted octanol–water partition coefficient (Wildman–Crippen LogP) is 1.49. The molecule has 0 spiro atoms. The minimum absolute atomic E-state index is 0.180. The fourth-order valence-electron chi connectivity index (χ4n) is 2.22. The first-order valence-electron chi connectivity index (χ1n) is 7.25. The lowest BCUT2D eigenvalue weighted by Gasteiger charge is -2.08. The summed E-state index contributed by atoms with van der Waals surface area (Å²) < 4.78 is 0. The highest BCUT2D eigenvalue weighted by molar-refractivity contribution is 5.98. The summed E-state index contributed by atoms with van der Waals surface area (Å²) in [6, 6.07) is 11.8. The Bertz CT molecular complexity index is 771. The van der Waals surface area contributed by atoms with E-state index < -0.39 is 0 Å². The van der Waals surface area contributed by atoms with Gasteiger partial charge in [-0.25, -0.2) is 0 Å². The Morgan fingerprint density at radius 1 is 0.875 bits per heavy atom. The zero-order valence-electron chi connectivity index (χ0n) is 12.8. The molecule has 2 amide bonds. The number of carbonyl (C=O) groups is 4. The lowest BCUT2D eigenvalue weighted by Crippen LogP contribution is -2.23. The Morgan fingerprint density at radius 2 is 1.58 bits per heavy atom. The number of benzene rings is 2. The molecule has 0 aliphatic heterocycles. The third kappa shape index (κ3) is 4.36. The van der Waals surface area contributed by atoms with Crippen LogP contribution in [0, 0.1) is 0 Å². The van der Waals surface area contributed by atoms with E-state index in [1.54, 1.807) is 0 Å². The van der Waals surface area contributed by atoms with E-state index in [0.717, 1.165) is 11.1 Å². The predicted molar refractivity (Wildman–Crippen MR) is 87.7 cm³/mol. The van der Waals surface area contributed by atoms with Gasteiger partial charge in [0.1, 0.15) is 0 Å². The number of amides is 2. The number of aldehydes is 2. The van der Waals surface area contributed by atoms with Gasteiger partial charge in [0.05, 0.1) is 0 Å². The molecule has 0 atom stereocenters. The first-order valence-corrected chi connectivity index (χ1v) is 7.25. The first kappa shape index (κ1) is 17.1. The normalized spacial score (nSPS) is 9.83. The SMILES string of the molecule is O=CNCc1cccc(CNC(=O)c2ccc(C=O)c(C=O)c2)c1.